The van der Waals surface area contributed by atoms with Gasteiger partial charge >= 0.3 is 0 Å². The summed E-state index contributed by atoms with van der Waals surface area (Å²) in [6.45, 7) is 3.16. The molecule has 0 aromatic heterocycles. The summed E-state index contributed by atoms with van der Waals surface area (Å²) < 4.78 is 36.1. The van der Waals surface area contributed by atoms with Crippen molar-refractivity contribution in [3.05, 3.63) is 54.1 Å². The van der Waals surface area contributed by atoms with Gasteiger partial charge in [0, 0.05) is 19.7 Å². The molecule has 0 saturated heterocycles. The van der Waals surface area contributed by atoms with Crippen LogP contribution in [0.1, 0.15) is 17.3 Å². The van der Waals surface area contributed by atoms with Gasteiger partial charge in [0.25, 0.3) is 5.91 Å². The monoisotopic (exact) mass is 392 g/mol. The number of amides is 1. The topological polar surface area (TPSA) is 84.9 Å². The van der Waals surface area contributed by atoms with E-state index in [-0.39, 0.29) is 10.8 Å². The first-order valence-electron chi connectivity index (χ1n) is 8.51. The normalized spacial score (nSPS) is 11.3. The van der Waals surface area contributed by atoms with Gasteiger partial charge < -0.3 is 14.8 Å². The maximum Gasteiger partial charge on any atom is 0.251 e. The number of carbonyl (C=O) groups is 1. The van der Waals surface area contributed by atoms with Gasteiger partial charge in [-0.2, -0.15) is 0 Å². The van der Waals surface area contributed by atoms with Gasteiger partial charge in [-0.3, -0.25) is 4.79 Å². The molecule has 0 unspecified atom stereocenters. The van der Waals surface area contributed by atoms with Gasteiger partial charge in [-0.1, -0.05) is 0 Å². The molecule has 0 saturated carbocycles. The Morgan fingerprint density at radius 1 is 0.963 bits per heavy atom. The van der Waals surface area contributed by atoms with Crippen LogP contribution in [0, 0.1) is 0 Å². The maximum atomic E-state index is 12.1. The zero-order valence-electron chi connectivity index (χ0n) is 15.6. The summed E-state index contributed by atoms with van der Waals surface area (Å²) in [4.78, 5) is 12.3. The summed E-state index contributed by atoms with van der Waals surface area (Å²) in [5.74, 6) is 1.17. The van der Waals surface area contributed by atoms with Crippen LogP contribution in [-0.2, 0) is 10.0 Å². The van der Waals surface area contributed by atoms with Crippen molar-refractivity contribution in [3.63, 3.8) is 0 Å². The van der Waals surface area contributed by atoms with Crippen LogP contribution in [0.5, 0.6) is 11.5 Å². The molecular weight excluding hydrogens is 368 g/mol. The Bertz CT molecular complexity index is 847. The Balaban J connectivity index is 1.82. The van der Waals surface area contributed by atoms with Crippen molar-refractivity contribution in [1.82, 2.24) is 9.62 Å². The molecule has 0 aliphatic carbocycles. The molecule has 2 aromatic rings. The van der Waals surface area contributed by atoms with E-state index in [1.54, 1.807) is 12.1 Å². The number of sulfonamides is 1. The number of hydrogen-bond acceptors (Lipinski definition) is 5. The first-order chi connectivity index (χ1) is 12.8. The van der Waals surface area contributed by atoms with E-state index in [0.717, 1.165) is 10.1 Å². The van der Waals surface area contributed by atoms with Gasteiger partial charge in [-0.05, 0) is 55.5 Å². The van der Waals surface area contributed by atoms with Crippen LogP contribution in [0.15, 0.2) is 53.4 Å². The average Bonchev–Trinajstić information content (AvgIpc) is 2.66. The van der Waals surface area contributed by atoms with Crippen LogP contribution in [0.25, 0.3) is 0 Å². The maximum absolute atomic E-state index is 12.1. The van der Waals surface area contributed by atoms with E-state index in [1.807, 2.05) is 19.1 Å². The van der Waals surface area contributed by atoms with Crippen molar-refractivity contribution < 1.29 is 22.7 Å². The number of benzene rings is 2. The third-order valence-corrected chi connectivity index (χ3v) is 5.52. The lowest BCUT2D eigenvalue weighted by Crippen LogP contribution is -2.28. The summed E-state index contributed by atoms with van der Waals surface area (Å²) in [5.41, 5.74) is 0.383. The van der Waals surface area contributed by atoms with E-state index in [1.165, 1.54) is 38.4 Å². The van der Waals surface area contributed by atoms with Crippen molar-refractivity contribution in [2.24, 2.45) is 0 Å². The Morgan fingerprint density at radius 2 is 1.52 bits per heavy atom. The highest BCUT2D eigenvalue weighted by Crippen LogP contribution is 2.17. The van der Waals surface area contributed by atoms with Gasteiger partial charge in [0.1, 0.15) is 18.1 Å². The van der Waals surface area contributed by atoms with Crippen molar-refractivity contribution in [3.8, 4) is 11.5 Å². The highest BCUT2D eigenvalue weighted by molar-refractivity contribution is 7.89. The minimum absolute atomic E-state index is 0.142. The van der Waals surface area contributed by atoms with Crippen LogP contribution < -0.4 is 14.8 Å². The second-order valence-electron chi connectivity index (χ2n) is 5.82. The molecule has 1 amide bonds. The van der Waals surface area contributed by atoms with E-state index in [0.29, 0.717) is 31.1 Å². The number of carbonyl (C=O) groups excluding carboxylic acids is 1. The fourth-order valence-electron chi connectivity index (χ4n) is 2.22. The molecule has 0 spiro atoms. The average molecular weight is 392 g/mol. The molecule has 0 bridgehead atoms. The molecule has 0 radical (unpaired) electrons. The largest absolute Gasteiger partial charge is 0.494 e. The summed E-state index contributed by atoms with van der Waals surface area (Å²) in [5, 5.41) is 2.73. The zero-order chi connectivity index (χ0) is 19.9. The highest BCUT2D eigenvalue weighted by atomic mass is 32.2. The fourth-order valence-corrected chi connectivity index (χ4v) is 3.13. The van der Waals surface area contributed by atoms with Gasteiger partial charge in [0.15, 0.2) is 0 Å². The fraction of sp³-hybridized carbons (Fsp3) is 0.316. The van der Waals surface area contributed by atoms with Gasteiger partial charge in [0.2, 0.25) is 10.0 Å². The van der Waals surface area contributed by atoms with Crippen LogP contribution in [0.4, 0.5) is 0 Å². The number of nitrogens with one attached hydrogen (secondary N) is 1. The predicted molar refractivity (Wildman–Crippen MR) is 103 cm³/mol. The molecule has 2 aromatic carbocycles. The Morgan fingerprint density at radius 3 is 2.04 bits per heavy atom. The molecule has 2 rings (SSSR count). The molecular formula is C19H24N2O5S. The molecule has 1 N–H and O–H groups in total. The minimum atomic E-state index is -3.51. The Kier molecular flexibility index (Phi) is 7.20. The summed E-state index contributed by atoms with van der Waals surface area (Å²) in [6, 6.07) is 13.0. The van der Waals surface area contributed by atoms with Crippen LogP contribution in [-0.4, -0.2) is 52.5 Å². The van der Waals surface area contributed by atoms with Gasteiger partial charge in [-0.25, -0.2) is 12.7 Å². The highest BCUT2D eigenvalue weighted by Gasteiger charge is 2.17. The quantitative estimate of drug-likeness (QED) is 0.661. The van der Waals surface area contributed by atoms with Crippen molar-refractivity contribution >= 4 is 15.9 Å². The van der Waals surface area contributed by atoms with Crippen LogP contribution in [0.3, 0.4) is 0 Å². The lowest BCUT2D eigenvalue weighted by atomic mass is 10.2. The molecule has 146 valence electrons. The smallest absolute Gasteiger partial charge is 0.251 e. The second kappa shape index (κ2) is 9.38. The number of hydrogen-bond donors (Lipinski definition) is 1. The Hall–Kier alpha value is -2.58. The van der Waals surface area contributed by atoms with Crippen LogP contribution >= 0.6 is 0 Å². The molecule has 27 heavy (non-hydrogen) atoms. The SMILES string of the molecule is CCOc1ccc(OCCNC(=O)c2ccc(S(=O)(=O)N(C)C)cc2)cc1. The predicted octanol–water partition coefficient (Wildman–Crippen LogP) is 2.14. The standard InChI is InChI=1S/C19H24N2O5S/c1-4-25-16-7-9-17(10-8-16)26-14-13-20-19(22)15-5-11-18(12-6-15)27(23,24)21(2)3/h5-12H,4,13-14H2,1-3H3,(H,20,22). The molecule has 0 aliphatic rings. The first-order valence-corrected chi connectivity index (χ1v) is 9.95. The summed E-state index contributed by atoms with van der Waals surface area (Å²) >= 11 is 0. The number of rotatable bonds is 9. The van der Waals surface area contributed by atoms with E-state index in [4.69, 9.17) is 9.47 Å². The third-order valence-electron chi connectivity index (χ3n) is 3.69. The molecule has 7 nitrogen and oxygen atoms in total. The van der Waals surface area contributed by atoms with E-state index in [9.17, 15) is 13.2 Å². The lowest BCUT2D eigenvalue weighted by Gasteiger charge is -2.12. The van der Waals surface area contributed by atoms with E-state index >= 15 is 0 Å². The number of ether oxygens (including phenoxy) is 2. The molecule has 0 atom stereocenters. The lowest BCUT2D eigenvalue weighted by molar-refractivity contribution is 0.0947. The van der Waals surface area contributed by atoms with Gasteiger partial charge in [0.05, 0.1) is 18.0 Å². The molecule has 0 heterocycles. The first kappa shape index (κ1) is 20.7. The van der Waals surface area contributed by atoms with Crippen LogP contribution in [0.2, 0.25) is 0 Å². The van der Waals surface area contributed by atoms with Crippen molar-refractivity contribution in [2.75, 3.05) is 33.9 Å². The third kappa shape index (κ3) is 5.70. The zero-order valence-corrected chi connectivity index (χ0v) is 16.5. The van der Waals surface area contributed by atoms with Gasteiger partial charge in [-0.15, -0.1) is 0 Å². The Labute approximate surface area is 160 Å². The molecule has 8 heteroatoms. The second-order valence-corrected chi connectivity index (χ2v) is 7.97. The minimum Gasteiger partial charge on any atom is -0.494 e. The molecule has 0 aliphatic heterocycles. The van der Waals surface area contributed by atoms with E-state index < -0.39 is 10.0 Å². The van der Waals surface area contributed by atoms with Crippen molar-refractivity contribution in [2.45, 2.75) is 11.8 Å². The summed E-state index contributed by atoms with van der Waals surface area (Å²) in [7, 11) is -0.588. The summed E-state index contributed by atoms with van der Waals surface area (Å²) in [6.07, 6.45) is 0. The number of nitrogens with zero attached hydrogens (tertiary/aromatic N) is 1. The molecule has 0 fully saturated rings. The van der Waals surface area contributed by atoms with E-state index in [2.05, 4.69) is 5.32 Å². The van der Waals surface area contributed by atoms with Crippen molar-refractivity contribution in [1.29, 1.82) is 0 Å².